The van der Waals surface area contributed by atoms with Crippen molar-refractivity contribution in [3.8, 4) is 11.4 Å². The van der Waals surface area contributed by atoms with Crippen molar-refractivity contribution in [2.45, 2.75) is 65.7 Å². The van der Waals surface area contributed by atoms with Crippen molar-refractivity contribution in [1.29, 1.82) is 0 Å². The van der Waals surface area contributed by atoms with E-state index in [9.17, 15) is 4.79 Å². The molecule has 0 aromatic carbocycles. The minimum absolute atomic E-state index is 0.309. The van der Waals surface area contributed by atoms with E-state index in [2.05, 4.69) is 66.5 Å². The summed E-state index contributed by atoms with van der Waals surface area (Å²) in [5.74, 6) is 0.309. The van der Waals surface area contributed by atoms with Crippen LogP contribution in [0.1, 0.15) is 26.3 Å². The van der Waals surface area contributed by atoms with Crippen molar-refractivity contribution in [2.75, 3.05) is 11.9 Å². The molecule has 0 aliphatic carbocycles. The van der Waals surface area contributed by atoms with E-state index in [-0.39, 0.29) is 0 Å². The van der Waals surface area contributed by atoms with Gasteiger partial charge in [0.25, 0.3) is 0 Å². The zero-order valence-electron chi connectivity index (χ0n) is 19.8. The Hall–Kier alpha value is -2.17. The van der Waals surface area contributed by atoms with Crippen molar-refractivity contribution in [3.63, 3.8) is 0 Å². The molecule has 10 heteroatoms. The van der Waals surface area contributed by atoms with Crippen LogP contribution in [0.25, 0.3) is 22.4 Å². The molecule has 1 amide bonds. The van der Waals surface area contributed by atoms with Gasteiger partial charge in [0.2, 0.25) is 5.95 Å². The van der Waals surface area contributed by atoms with Crippen molar-refractivity contribution < 1.29 is 14.3 Å². The van der Waals surface area contributed by atoms with Gasteiger partial charge in [0.05, 0.1) is 15.8 Å². The number of imidazole rings is 1. The molecule has 3 aromatic rings. The second kappa shape index (κ2) is 9.36. The number of rotatable bonds is 7. The molecule has 0 spiro atoms. The molecule has 3 aromatic heterocycles. The predicted octanol–water partition coefficient (Wildman–Crippen LogP) is 6.16. The Labute approximate surface area is 198 Å². The zero-order valence-corrected chi connectivity index (χ0v) is 22.4. The molecular weight excluding hydrogens is 490 g/mol. The Kier molecular flexibility index (Phi) is 7.16. The van der Waals surface area contributed by atoms with Crippen LogP contribution >= 0.6 is 15.9 Å². The number of aromatic amines is 1. The average molecular weight is 523 g/mol. The third-order valence-corrected chi connectivity index (χ3v) is 7.44. The monoisotopic (exact) mass is 521 g/mol. The number of halogens is 1. The molecule has 0 unspecified atom stereocenters. The highest BCUT2D eigenvalue weighted by Crippen LogP contribution is 2.32. The van der Waals surface area contributed by atoms with Gasteiger partial charge in [-0.25, -0.2) is 9.78 Å². The SMILES string of the molecule is Cc1cc(-c2nccc3[nH]c(NC(=O)OC(C)(C)C)nc23)n(COCC[Si](C)(C)C)c1Br. The van der Waals surface area contributed by atoms with Crippen LogP contribution in [0.15, 0.2) is 22.9 Å². The van der Waals surface area contributed by atoms with Gasteiger partial charge in [-0.2, -0.15) is 0 Å². The molecule has 3 rings (SSSR count). The van der Waals surface area contributed by atoms with Crippen LogP contribution in [0.4, 0.5) is 10.7 Å². The van der Waals surface area contributed by atoms with Crippen molar-refractivity contribution >= 4 is 47.1 Å². The number of carbonyl (C=O) groups excluding carboxylic acids is 1. The summed E-state index contributed by atoms with van der Waals surface area (Å²) in [5, 5.41) is 2.66. The number of H-pyrrole nitrogens is 1. The number of pyridine rings is 1. The summed E-state index contributed by atoms with van der Waals surface area (Å²) in [7, 11) is -1.16. The topological polar surface area (TPSA) is 94.1 Å². The van der Waals surface area contributed by atoms with Crippen LogP contribution in [0.3, 0.4) is 0 Å². The fourth-order valence-electron chi connectivity index (χ4n) is 3.10. The van der Waals surface area contributed by atoms with E-state index in [4.69, 9.17) is 9.47 Å². The minimum atomic E-state index is -1.16. The maximum atomic E-state index is 12.1. The van der Waals surface area contributed by atoms with Gasteiger partial charge in [0.1, 0.15) is 23.5 Å². The number of aromatic nitrogens is 4. The maximum absolute atomic E-state index is 12.1. The number of anilines is 1. The molecule has 174 valence electrons. The molecule has 0 fully saturated rings. The largest absolute Gasteiger partial charge is 0.444 e. The first-order valence-corrected chi connectivity index (χ1v) is 15.1. The summed E-state index contributed by atoms with van der Waals surface area (Å²) in [6, 6.07) is 4.99. The molecular formula is C22H32BrN5O3Si. The minimum Gasteiger partial charge on any atom is -0.444 e. The van der Waals surface area contributed by atoms with Gasteiger partial charge in [0, 0.05) is 20.9 Å². The Bertz CT molecular complexity index is 1110. The van der Waals surface area contributed by atoms with E-state index in [1.165, 1.54) is 0 Å². The fraction of sp³-hybridized carbons (Fsp3) is 0.500. The molecule has 0 saturated carbocycles. The van der Waals surface area contributed by atoms with Crippen LogP contribution in [0, 0.1) is 6.92 Å². The lowest BCUT2D eigenvalue weighted by atomic mass is 10.2. The molecule has 8 nitrogen and oxygen atoms in total. The highest BCUT2D eigenvalue weighted by Gasteiger charge is 2.21. The van der Waals surface area contributed by atoms with Crippen LogP contribution in [0.5, 0.6) is 0 Å². The predicted molar refractivity (Wildman–Crippen MR) is 134 cm³/mol. The van der Waals surface area contributed by atoms with Crippen molar-refractivity contribution in [2.24, 2.45) is 0 Å². The molecule has 0 aliphatic rings. The Balaban J connectivity index is 1.88. The van der Waals surface area contributed by atoms with Gasteiger partial charge in [-0.3, -0.25) is 10.3 Å². The highest BCUT2D eigenvalue weighted by molar-refractivity contribution is 9.10. The first-order valence-electron chi connectivity index (χ1n) is 10.6. The first kappa shape index (κ1) is 24.5. The third kappa shape index (κ3) is 6.20. The Morgan fingerprint density at radius 3 is 2.69 bits per heavy atom. The van der Waals surface area contributed by atoms with E-state index in [0.717, 1.165) is 34.0 Å². The third-order valence-electron chi connectivity index (χ3n) is 4.69. The number of nitrogens with one attached hydrogen (secondary N) is 2. The summed E-state index contributed by atoms with van der Waals surface area (Å²) in [5.41, 5.74) is 3.51. The molecule has 0 aliphatic heterocycles. The van der Waals surface area contributed by atoms with E-state index in [1.54, 1.807) is 6.20 Å². The van der Waals surface area contributed by atoms with Crippen LogP contribution < -0.4 is 5.32 Å². The second-order valence-electron chi connectivity index (χ2n) is 10.0. The molecule has 32 heavy (non-hydrogen) atoms. The molecule has 0 atom stereocenters. The maximum Gasteiger partial charge on any atom is 0.414 e. The number of hydrogen-bond acceptors (Lipinski definition) is 5. The lowest BCUT2D eigenvalue weighted by Crippen LogP contribution is -2.27. The van der Waals surface area contributed by atoms with Gasteiger partial charge >= 0.3 is 6.09 Å². The Morgan fingerprint density at radius 2 is 2.03 bits per heavy atom. The van der Waals surface area contributed by atoms with Gasteiger partial charge < -0.3 is 19.0 Å². The van der Waals surface area contributed by atoms with Gasteiger partial charge in [-0.15, -0.1) is 0 Å². The standard InChI is InChI=1S/C22H32BrN5O3Si/c1-14-12-16(28(19(14)23)13-30-10-11-32(5,6)7)18-17-15(8-9-24-18)25-20(26-17)27-21(29)31-22(2,3)4/h8-9,12H,10-11,13H2,1-7H3,(H2,25,26,27,29). The number of nitrogens with zero attached hydrogens (tertiary/aromatic N) is 3. The van der Waals surface area contributed by atoms with Crippen LogP contribution in [-0.2, 0) is 16.2 Å². The molecule has 0 radical (unpaired) electrons. The van der Waals surface area contributed by atoms with Gasteiger partial charge in [-0.1, -0.05) is 19.6 Å². The van der Waals surface area contributed by atoms with E-state index >= 15 is 0 Å². The van der Waals surface area contributed by atoms with Crippen molar-refractivity contribution in [1.82, 2.24) is 19.5 Å². The number of aryl methyl sites for hydroxylation is 1. The average Bonchev–Trinajstić information content (AvgIpc) is 3.17. The quantitative estimate of drug-likeness (QED) is 0.287. The molecule has 3 heterocycles. The molecule has 0 saturated heterocycles. The number of fused-ring (bicyclic) bond motifs is 1. The summed E-state index contributed by atoms with van der Waals surface area (Å²) in [6.45, 7) is 15.6. The Morgan fingerprint density at radius 1 is 1.31 bits per heavy atom. The fourth-order valence-corrected chi connectivity index (χ4v) is 4.26. The molecule has 2 N–H and O–H groups in total. The smallest absolute Gasteiger partial charge is 0.414 e. The lowest BCUT2D eigenvalue weighted by molar-refractivity contribution is 0.0635. The summed E-state index contributed by atoms with van der Waals surface area (Å²) in [6.07, 6.45) is 1.16. The lowest BCUT2D eigenvalue weighted by Gasteiger charge is -2.18. The van der Waals surface area contributed by atoms with Gasteiger partial charge in [0.15, 0.2) is 0 Å². The number of amides is 1. The summed E-state index contributed by atoms with van der Waals surface area (Å²) < 4.78 is 14.3. The second-order valence-corrected chi connectivity index (χ2v) is 16.4. The van der Waals surface area contributed by atoms with E-state index in [0.29, 0.717) is 23.9 Å². The van der Waals surface area contributed by atoms with E-state index < -0.39 is 19.8 Å². The zero-order chi connectivity index (χ0) is 23.7. The van der Waals surface area contributed by atoms with Crippen molar-refractivity contribution in [3.05, 3.63) is 28.5 Å². The molecule has 0 bridgehead atoms. The first-order chi connectivity index (χ1) is 14.8. The number of ether oxygens (including phenoxy) is 2. The summed E-state index contributed by atoms with van der Waals surface area (Å²) >= 11 is 3.68. The number of hydrogen-bond donors (Lipinski definition) is 2. The number of carbonyl (C=O) groups is 1. The highest BCUT2D eigenvalue weighted by atomic mass is 79.9. The normalized spacial score (nSPS) is 12.4. The van der Waals surface area contributed by atoms with Crippen LogP contribution in [-0.4, -0.2) is 45.9 Å². The van der Waals surface area contributed by atoms with Gasteiger partial charge in [-0.05, 0) is 67.4 Å². The summed E-state index contributed by atoms with van der Waals surface area (Å²) in [4.78, 5) is 24.4. The van der Waals surface area contributed by atoms with Crippen LogP contribution in [0.2, 0.25) is 25.7 Å². The van der Waals surface area contributed by atoms with E-state index in [1.807, 2.05) is 33.8 Å².